The molecule has 0 bridgehead atoms. The van der Waals surface area contributed by atoms with E-state index in [4.69, 9.17) is 0 Å². The summed E-state index contributed by atoms with van der Waals surface area (Å²) in [4.78, 5) is 0. The van der Waals surface area contributed by atoms with Crippen LogP contribution in [0.1, 0.15) is 44.5 Å². The van der Waals surface area contributed by atoms with Crippen LogP contribution in [0.4, 0.5) is 0 Å². The highest BCUT2D eigenvalue weighted by atomic mass is 14.2. The fourth-order valence-electron chi connectivity index (χ4n) is 6.10. The normalized spacial score (nSPS) is 12.1. The summed E-state index contributed by atoms with van der Waals surface area (Å²) in [6, 6.07) is 56.9. The fraction of sp³-hybridized carbons (Fsp3) is 0.0455. The summed E-state index contributed by atoms with van der Waals surface area (Å²) in [6.07, 6.45) is 4.72. The number of hydrogen-bond donors (Lipinski definition) is 0. The van der Waals surface area contributed by atoms with Crippen molar-refractivity contribution in [3.8, 4) is 0 Å². The fourth-order valence-corrected chi connectivity index (χ4v) is 6.10. The van der Waals surface area contributed by atoms with Crippen molar-refractivity contribution in [1.29, 1.82) is 0 Å². The van der Waals surface area contributed by atoms with E-state index in [9.17, 15) is 0 Å². The summed E-state index contributed by atoms with van der Waals surface area (Å²) in [6.45, 7) is 4.45. The molecule has 0 saturated carbocycles. The molecular formula is C44H34. The minimum absolute atomic E-state index is 1.21. The van der Waals surface area contributed by atoms with Crippen LogP contribution in [-0.4, -0.2) is 0 Å². The Morgan fingerprint density at radius 3 is 1.11 bits per heavy atom. The lowest BCUT2D eigenvalue weighted by atomic mass is 9.90. The molecule has 44 heavy (non-hydrogen) atoms. The first-order valence-electron chi connectivity index (χ1n) is 15.3. The molecule has 0 unspecified atom stereocenters. The highest BCUT2D eigenvalue weighted by molar-refractivity contribution is 5.98. The molecule has 210 valence electrons. The first kappa shape index (κ1) is 27.4. The zero-order valence-electron chi connectivity index (χ0n) is 25.2. The number of hydrogen-bond acceptors (Lipinski definition) is 0. The minimum atomic E-state index is 1.21. The lowest BCUT2D eigenvalue weighted by molar-refractivity contribution is 1.35. The van der Waals surface area contributed by atoms with Crippen molar-refractivity contribution in [2.75, 3.05) is 0 Å². The first-order chi connectivity index (χ1) is 21.6. The molecule has 0 aliphatic carbocycles. The van der Waals surface area contributed by atoms with Gasteiger partial charge in [0.2, 0.25) is 0 Å². The standard InChI is InChI=1S/C44H34/c1-31-25-42(30-44(36-17-7-4-8-18-36)40-24-22-34-14-10-12-20-38(34)28-40)32(2)26-41(31)29-43(35-15-5-3-6-16-35)39-23-21-33-13-9-11-19-37(33)27-39/h3-30H,1-2H3. The predicted molar refractivity (Wildman–Crippen MR) is 191 cm³/mol. The van der Waals surface area contributed by atoms with Gasteiger partial charge in [0, 0.05) is 0 Å². The van der Waals surface area contributed by atoms with Gasteiger partial charge in [-0.2, -0.15) is 0 Å². The van der Waals surface area contributed by atoms with Gasteiger partial charge in [-0.1, -0.05) is 146 Å². The zero-order valence-corrected chi connectivity index (χ0v) is 25.2. The predicted octanol–water partition coefficient (Wildman–Crippen LogP) is 11.8. The second kappa shape index (κ2) is 12.0. The second-order valence-electron chi connectivity index (χ2n) is 11.5. The summed E-state index contributed by atoms with van der Waals surface area (Å²) in [5, 5.41) is 5.02. The van der Waals surface area contributed by atoms with Gasteiger partial charge in [0.15, 0.2) is 0 Å². The summed E-state index contributed by atoms with van der Waals surface area (Å²) in [5.41, 5.74) is 12.3. The number of fused-ring (bicyclic) bond motifs is 2. The van der Waals surface area contributed by atoms with Crippen LogP contribution in [0, 0.1) is 13.8 Å². The Morgan fingerprint density at radius 1 is 0.341 bits per heavy atom. The van der Waals surface area contributed by atoms with E-state index in [2.05, 4.69) is 184 Å². The van der Waals surface area contributed by atoms with E-state index in [1.807, 2.05) is 0 Å². The average Bonchev–Trinajstić information content (AvgIpc) is 3.08. The van der Waals surface area contributed by atoms with Crippen LogP contribution < -0.4 is 0 Å². The smallest absolute Gasteiger partial charge is 0.0105 e. The Kier molecular flexibility index (Phi) is 7.49. The Morgan fingerprint density at radius 2 is 0.705 bits per heavy atom. The van der Waals surface area contributed by atoms with E-state index in [0.717, 1.165) is 0 Å². The van der Waals surface area contributed by atoms with Crippen LogP contribution in [0.3, 0.4) is 0 Å². The molecule has 7 aromatic carbocycles. The van der Waals surface area contributed by atoms with Gasteiger partial charge in [0.1, 0.15) is 0 Å². The molecule has 0 nitrogen and oxygen atoms in total. The van der Waals surface area contributed by atoms with E-state index in [0.29, 0.717) is 0 Å². The maximum Gasteiger partial charge on any atom is -0.0105 e. The minimum Gasteiger partial charge on any atom is -0.0622 e. The van der Waals surface area contributed by atoms with Crippen LogP contribution >= 0.6 is 0 Å². The average molecular weight is 563 g/mol. The summed E-state index contributed by atoms with van der Waals surface area (Å²) < 4.78 is 0. The van der Waals surface area contributed by atoms with Crippen LogP contribution in [0.25, 0.3) is 44.8 Å². The Bertz CT molecular complexity index is 2000. The summed E-state index contributed by atoms with van der Waals surface area (Å²) >= 11 is 0. The van der Waals surface area contributed by atoms with Gasteiger partial charge in [-0.25, -0.2) is 0 Å². The van der Waals surface area contributed by atoms with Crippen LogP contribution in [0.15, 0.2) is 158 Å². The largest absolute Gasteiger partial charge is 0.0622 e. The molecular weight excluding hydrogens is 528 g/mol. The quantitative estimate of drug-likeness (QED) is 0.177. The monoisotopic (exact) mass is 562 g/mol. The van der Waals surface area contributed by atoms with Crippen molar-refractivity contribution >= 4 is 44.8 Å². The molecule has 0 aliphatic rings. The molecule has 0 radical (unpaired) electrons. The van der Waals surface area contributed by atoms with Gasteiger partial charge in [0.05, 0.1) is 0 Å². The molecule has 0 N–H and O–H groups in total. The van der Waals surface area contributed by atoms with E-state index in [1.54, 1.807) is 0 Å². The molecule has 0 atom stereocenters. The van der Waals surface area contributed by atoms with Gasteiger partial charge >= 0.3 is 0 Å². The Hall–Kier alpha value is -5.46. The number of rotatable bonds is 6. The van der Waals surface area contributed by atoms with Crippen molar-refractivity contribution in [2.24, 2.45) is 0 Å². The third-order valence-corrected chi connectivity index (χ3v) is 8.54. The lowest BCUT2D eigenvalue weighted by Gasteiger charge is -2.15. The molecule has 0 saturated heterocycles. The van der Waals surface area contributed by atoms with Crippen LogP contribution in [0.5, 0.6) is 0 Å². The molecule has 0 heterocycles. The van der Waals surface area contributed by atoms with Gasteiger partial charge in [-0.15, -0.1) is 0 Å². The van der Waals surface area contributed by atoms with Crippen LogP contribution in [-0.2, 0) is 0 Å². The highest BCUT2D eigenvalue weighted by Gasteiger charge is 2.11. The molecule has 0 spiro atoms. The summed E-state index contributed by atoms with van der Waals surface area (Å²) in [5.74, 6) is 0. The van der Waals surface area contributed by atoms with Gasteiger partial charge in [0.25, 0.3) is 0 Å². The molecule has 0 heteroatoms. The maximum absolute atomic E-state index is 2.36. The Labute approximate surface area is 260 Å². The van der Waals surface area contributed by atoms with Crippen LogP contribution in [0.2, 0.25) is 0 Å². The molecule has 7 aromatic rings. The molecule has 0 aromatic heterocycles. The molecule has 0 aliphatic heterocycles. The Balaban J connectivity index is 1.35. The van der Waals surface area contributed by atoms with Gasteiger partial charge < -0.3 is 0 Å². The van der Waals surface area contributed by atoms with Crippen molar-refractivity contribution in [3.63, 3.8) is 0 Å². The van der Waals surface area contributed by atoms with Gasteiger partial charge in [-0.3, -0.25) is 0 Å². The maximum atomic E-state index is 2.36. The van der Waals surface area contributed by atoms with Crippen molar-refractivity contribution in [2.45, 2.75) is 13.8 Å². The molecule has 7 rings (SSSR count). The topological polar surface area (TPSA) is 0 Å². The number of aryl methyl sites for hydroxylation is 2. The van der Waals surface area contributed by atoms with Gasteiger partial charge in [-0.05, 0) is 115 Å². The molecule has 0 fully saturated rings. The van der Waals surface area contributed by atoms with Crippen molar-refractivity contribution < 1.29 is 0 Å². The summed E-state index contributed by atoms with van der Waals surface area (Å²) in [7, 11) is 0. The van der Waals surface area contributed by atoms with E-state index < -0.39 is 0 Å². The van der Waals surface area contributed by atoms with E-state index >= 15 is 0 Å². The SMILES string of the molecule is Cc1cc(C=C(c2ccccc2)c2ccc3ccccc3c2)c(C)cc1C=C(c1ccccc1)c1ccc2ccccc2c1. The van der Waals surface area contributed by atoms with Crippen molar-refractivity contribution in [1.82, 2.24) is 0 Å². The van der Waals surface area contributed by atoms with Crippen molar-refractivity contribution in [3.05, 3.63) is 202 Å². The highest BCUT2D eigenvalue weighted by Crippen LogP contribution is 2.33. The third kappa shape index (κ3) is 5.63. The third-order valence-electron chi connectivity index (χ3n) is 8.54. The first-order valence-corrected chi connectivity index (χ1v) is 15.3. The number of benzene rings is 7. The second-order valence-corrected chi connectivity index (χ2v) is 11.5. The van der Waals surface area contributed by atoms with E-state index in [-0.39, 0.29) is 0 Å². The molecule has 0 amide bonds. The zero-order chi connectivity index (χ0) is 29.9. The van der Waals surface area contributed by atoms with E-state index in [1.165, 1.54) is 77.2 Å². The lowest BCUT2D eigenvalue weighted by Crippen LogP contribution is -1.94.